The lowest BCUT2D eigenvalue weighted by atomic mass is 10.1. The molecule has 6 nitrogen and oxygen atoms in total. The standard InChI is InChI=1S/C26H21BrN2O4S/c1-2-29-24(30)23(34-26(29)28-21-10-6-9-18(14-21)25(31)32)15-19-13-20(27)11-12-22(19)33-16-17-7-4-3-5-8-17/h3-15H,2,16H2,1H3,(H,31,32)/b23-15-,28-26?. The van der Waals surface area contributed by atoms with E-state index in [1.165, 1.54) is 23.9 Å². The summed E-state index contributed by atoms with van der Waals surface area (Å²) in [6, 6.07) is 21.9. The van der Waals surface area contributed by atoms with Gasteiger partial charge in [-0.15, -0.1) is 0 Å². The Labute approximate surface area is 210 Å². The summed E-state index contributed by atoms with van der Waals surface area (Å²) in [5, 5.41) is 9.74. The molecule has 0 aliphatic carbocycles. The summed E-state index contributed by atoms with van der Waals surface area (Å²) in [4.78, 5) is 31.0. The number of amides is 1. The molecule has 0 radical (unpaired) electrons. The van der Waals surface area contributed by atoms with Crippen molar-refractivity contribution in [3.8, 4) is 5.75 Å². The predicted octanol–water partition coefficient (Wildman–Crippen LogP) is 6.35. The Kier molecular flexibility index (Phi) is 7.49. The van der Waals surface area contributed by atoms with E-state index >= 15 is 0 Å². The van der Waals surface area contributed by atoms with Gasteiger partial charge in [0.25, 0.3) is 5.91 Å². The van der Waals surface area contributed by atoms with Crippen LogP contribution in [0.3, 0.4) is 0 Å². The smallest absolute Gasteiger partial charge is 0.335 e. The van der Waals surface area contributed by atoms with Crippen LogP contribution in [0, 0.1) is 0 Å². The minimum Gasteiger partial charge on any atom is -0.488 e. The average molecular weight is 537 g/mol. The van der Waals surface area contributed by atoms with Gasteiger partial charge in [-0.1, -0.05) is 52.3 Å². The summed E-state index contributed by atoms with van der Waals surface area (Å²) in [6.07, 6.45) is 1.80. The molecule has 1 heterocycles. The number of aliphatic imine (C=N–C) groups is 1. The van der Waals surface area contributed by atoms with Crippen molar-refractivity contribution in [1.82, 2.24) is 4.90 Å². The van der Waals surface area contributed by atoms with Crippen molar-refractivity contribution in [2.75, 3.05) is 6.54 Å². The lowest BCUT2D eigenvalue weighted by Gasteiger charge is -2.12. The van der Waals surface area contributed by atoms with Gasteiger partial charge in [0.05, 0.1) is 16.2 Å². The van der Waals surface area contributed by atoms with Gasteiger partial charge < -0.3 is 9.84 Å². The Morgan fingerprint density at radius 1 is 1.12 bits per heavy atom. The number of thioether (sulfide) groups is 1. The number of halogens is 1. The highest BCUT2D eigenvalue weighted by Crippen LogP contribution is 2.36. The fourth-order valence-electron chi connectivity index (χ4n) is 3.33. The molecule has 8 heteroatoms. The molecule has 1 N–H and O–H groups in total. The molecule has 172 valence electrons. The SMILES string of the molecule is CCN1C(=O)/C(=C/c2cc(Br)ccc2OCc2ccccc2)SC1=Nc1cccc(C(=O)O)c1. The van der Waals surface area contributed by atoms with Crippen LogP contribution in [0.1, 0.15) is 28.4 Å². The van der Waals surface area contributed by atoms with E-state index in [-0.39, 0.29) is 11.5 Å². The summed E-state index contributed by atoms with van der Waals surface area (Å²) in [6.45, 7) is 2.72. The Morgan fingerprint density at radius 3 is 2.65 bits per heavy atom. The molecule has 34 heavy (non-hydrogen) atoms. The molecular formula is C26H21BrN2O4S. The second kappa shape index (κ2) is 10.7. The quantitative estimate of drug-likeness (QED) is 0.356. The molecule has 4 rings (SSSR count). The monoisotopic (exact) mass is 536 g/mol. The maximum Gasteiger partial charge on any atom is 0.335 e. The number of carboxylic acids is 1. The molecule has 0 spiro atoms. The molecule has 1 aliphatic heterocycles. The number of benzene rings is 3. The number of aromatic carboxylic acids is 1. The topological polar surface area (TPSA) is 79.2 Å². The zero-order chi connectivity index (χ0) is 24.1. The number of hydrogen-bond acceptors (Lipinski definition) is 5. The molecule has 1 aliphatic rings. The number of hydrogen-bond donors (Lipinski definition) is 1. The van der Waals surface area contributed by atoms with Gasteiger partial charge in [0.2, 0.25) is 0 Å². The third-order valence-electron chi connectivity index (χ3n) is 5.02. The Morgan fingerprint density at radius 2 is 1.91 bits per heavy atom. The molecular weight excluding hydrogens is 516 g/mol. The molecule has 0 bridgehead atoms. The number of nitrogens with zero attached hydrogens (tertiary/aromatic N) is 2. The van der Waals surface area contributed by atoms with Gasteiger partial charge in [-0.25, -0.2) is 9.79 Å². The van der Waals surface area contributed by atoms with Crippen molar-refractivity contribution >= 4 is 56.5 Å². The van der Waals surface area contributed by atoms with E-state index in [0.29, 0.717) is 34.7 Å². The van der Waals surface area contributed by atoms with Crippen LogP contribution in [0.4, 0.5) is 5.69 Å². The number of carboxylic acid groups (broad SMARTS) is 1. The highest BCUT2D eigenvalue weighted by molar-refractivity contribution is 9.10. The highest BCUT2D eigenvalue weighted by atomic mass is 79.9. The van der Waals surface area contributed by atoms with E-state index in [1.54, 1.807) is 23.1 Å². The number of ether oxygens (including phenoxy) is 1. The van der Waals surface area contributed by atoms with E-state index in [0.717, 1.165) is 15.6 Å². The lowest BCUT2D eigenvalue weighted by molar-refractivity contribution is -0.122. The first kappa shape index (κ1) is 23.8. The molecule has 0 saturated carbocycles. The van der Waals surface area contributed by atoms with Crippen LogP contribution in [0.25, 0.3) is 6.08 Å². The third-order valence-corrected chi connectivity index (χ3v) is 6.52. The lowest BCUT2D eigenvalue weighted by Crippen LogP contribution is -2.28. The van der Waals surface area contributed by atoms with Gasteiger partial charge in [-0.05, 0) is 66.7 Å². The average Bonchev–Trinajstić information content (AvgIpc) is 3.13. The normalized spacial score (nSPS) is 15.8. The molecule has 3 aromatic carbocycles. The molecule has 0 unspecified atom stereocenters. The van der Waals surface area contributed by atoms with Gasteiger partial charge in [0.1, 0.15) is 12.4 Å². The van der Waals surface area contributed by atoms with Crippen LogP contribution < -0.4 is 4.74 Å². The summed E-state index contributed by atoms with van der Waals surface area (Å²) in [7, 11) is 0. The van der Waals surface area contributed by atoms with Crippen molar-refractivity contribution in [2.45, 2.75) is 13.5 Å². The van der Waals surface area contributed by atoms with Gasteiger partial charge in [-0.3, -0.25) is 9.69 Å². The maximum absolute atomic E-state index is 13.1. The van der Waals surface area contributed by atoms with Gasteiger partial charge >= 0.3 is 5.97 Å². The van der Waals surface area contributed by atoms with E-state index in [4.69, 9.17) is 4.74 Å². The maximum atomic E-state index is 13.1. The van der Waals surface area contributed by atoms with Crippen LogP contribution in [0.2, 0.25) is 0 Å². The van der Waals surface area contributed by atoms with Crippen molar-refractivity contribution in [3.63, 3.8) is 0 Å². The second-order valence-electron chi connectivity index (χ2n) is 7.37. The molecule has 1 fully saturated rings. The molecule has 3 aromatic rings. The summed E-state index contributed by atoms with van der Waals surface area (Å²) in [5.74, 6) is -0.520. The molecule has 0 aromatic heterocycles. The first-order valence-electron chi connectivity index (χ1n) is 10.5. The number of carbonyl (C=O) groups is 2. The van der Waals surface area contributed by atoms with E-state index in [9.17, 15) is 14.7 Å². The van der Waals surface area contributed by atoms with Crippen molar-refractivity contribution in [2.24, 2.45) is 4.99 Å². The second-order valence-corrected chi connectivity index (χ2v) is 9.29. The van der Waals surface area contributed by atoms with Crippen molar-refractivity contribution in [3.05, 3.63) is 98.9 Å². The highest BCUT2D eigenvalue weighted by Gasteiger charge is 2.32. The summed E-state index contributed by atoms with van der Waals surface area (Å²) in [5.41, 5.74) is 2.44. The summed E-state index contributed by atoms with van der Waals surface area (Å²) < 4.78 is 6.92. The van der Waals surface area contributed by atoms with Crippen LogP contribution >= 0.6 is 27.7 Å². The van der Waals surface area contributed by atoms with E-state index in [2.05, 4.69) is 20.9 Å². The molecule has 0 atom stereocenters. The van der Waals surface area contributed by atoms with Gasteiger partial charge in [0, 0.05) is 16.6 Å². The fraction of sp³-hybridized carbons (Fsp3) is 0.115. The van der Waals surface area contributed by atoms with Crippen molar-refractivity contribution in [1.29, 1.82) is 0 Å². The van der Waals surface area contributed by atoms with E-state index < -0.39 is 5.97 Å². The Balaban J connectivity index is 1.63. The number of amidine groups is 1. The first-order valence-corrected chi connectivity index (χ1v) is 12.2. The van der Waals surface area contributed by atoms with E-state index in [1.807, 2.05) is 55.5 Å². The molecule has 1 amide bonds. The largest absolute Gasteiger partial charge is 0.488 e. The minimum absolute atomic E-state index is 0.143. The first-order chi connectivity index (χ1) is 16.4. The summed E-state index contributed by atoms with van der Waals surface area (Å²) >= 11 is 4.75. The van der Waals surface area contributed by atoms with Crippen molar-refractivity contribution < 1.29 is 19.4 Å². The Bertz CT molecular complexity index is 1290. The van der Waals surface area contributed by atoms with Gasteiger partial charge in [0.15, 0.2) is 5.17 Å². The van der Waals surface area contributed by atoms with Crippen LogP contribution in [-0.4, -0.2) is 33.6 Å². The Hall–Kier alpha value is -3.36. The van der Waals surface area contributed by atoms with Crippen LogP contribution in [0.5, 0.6) is 5.75 Å². The van der Waals surface area contributed by atoms with Crippen LogP contribution in [-0.2, 0) is 11.4 Å². The zero-order valence-corrected chi connectivity index (χ0v) is 20.7. The third kappa shape index (κ3) is 5.58. The van der Waals surface area contributed by atoms with Gasteiger partial charge in [-0.2, -0.15) is 0 Å². The van der Waals surface area contributed by atoms with Crippen LogP contribution in [0.15, 0.2) is 87.2 Å². The number of likely N-dealkylation sites (N-methyl/N-ethyl adjacent to an activating group) is 1. The number of carbonyl (C=O) groups excluding carboxylic acids is 1. The predicted molar refractivity (Wildman–Crippen MR) is 138 cm³/mol. The molecule has 1 saturated heterocycles. The minimum atomic E-state index is -1.03. The number of rotatable bonds is 7. The zero-order valence-electron chi connectivity index (χ0n) is 18.3. The fourth-order valence-corrected chi connectivity index (χ4v) is 4.76.